The average Bonchev–Trinajstić information content (AvgIpc) is 1.98. The zero-order chi connectivity index (χ0) is 7.82. The molecule has 0 unspecified atom stereocenters. The van der Waals surface area contributed by atoms with Crippen molar-refractivity contribution in [2.75, 3.05) is 13.1 Å². The fourth-order valence-electron chi connectivity index (χ4n) is 0.403. The van der Waals surface area contributed by atoms with E-state index in [9.17, 15) is 0 Å². The van der Waals surface area contributed by atoms with E-state index in [1.165, 1.54) is 6.20 Å². The van der Waals surface area contributed by atoms with E-state index in [1.54, 1.807) is 0 Å². The van der Waals surface area contributed by atoms with Gasteiger partial charge in [-0.2, -0.15) is 0 Å². The van der Waals surface area contributed by atoms with E-state index < -0.39 is 0 Å². The Labute approximate surface area is 60.6 Å². The molecule has 0 aliphatic carbocycles. The molecule has 0 aromatic rings. The van der Waals surface area contributed by atoms with Gasteiger partial charge in [-0.05, 0) is 12.9 Å². The van der Waals surface area contributed by atoms with Gasteiger partial charge in [0.05, 0.1) is 6.54 Å². The van der Waals surface area contributed by atoms with Gasteiger partial charge in [-0.25, -0.2) is 9.98 Å². The van der Waals surface area contributed by atoms with E-state index in [0.29, 0.717) is 19.0 Å². The summed E-state index contributed by atoms with van der Waals surface area (Å²) in [5.74, 6) is 0.459. The molecule has 0 fully saturated rings. The number of aliphatic imine (C=N–C) groups is 2. The van der Waals surface area contributed by atoms with E-state index in [1.807, 2.05) is 0 Å². The molecule has 0 amide bonds. The van der Waals surface area contributed by atoms with Gasteiger partial charge < -0.3 is 11.1 Å². The van der Waals surface area contributed by atoms with Crippen LogP contribution in [-0.2, 0) is 0 Å². The van der Waals surface area contributed by atoms with Gasteiger partial charge in [-0.15, -0.1) is 0 Å². The van der Waals surface area contributed by atoms with Gasteiger partial charge >= 0.3 is 0 Å². The lowest BCUT2D eigenvalue weighted by Gasteiger charge is -1.96. The second-order valence-electron chi connectivity index (χ2n) is 1.50. The molecule has 0 aliphatic heterocycles. The van der Waals surface area contributed by atoms with E-state index >= 15 is 0 Å². The molecule has 0 spiro atoms. The minimum Gasteiger partial charge on any atom is -0.332 e. The van der Waals surface area contributed by atoms with Gasteiger partial charge in [0.15, 0.2) is 0 Å². The molecule has 0 bridgehead atoms. The zero-order valence-electron chi connectivity index (χ0n) is 5.88. The fourth-order valence-corrected chi connectivity index (χ4v) is 0.403. The molecule has 0 atom stereocenters. The van der Waals surface area contributed by atoms with Crippen LogP contribution in [0.2, 0.25) is 0 Å². The first kappa shape index (κ1) is 8.84. The number of hydrogen-bond acceptors (Lipinski definition) is 2. The predicted molar refractivity (Wildman–Crippen MR) is 44.2 cm³/mol. The summed E-state index contributed by atoms with van der Waals surface area (Å²) in [7, 11) is 0. The molecule has 4 heteroatoms. The van der Waals surface area contributed by atoms with Crippen molar-refractivity contribution in [2.45, 2.75) is 0 Å². The molecular weight excluding hydrogens is 128 g/mol. The van der Waals surface area contributed by atoms with Crippen LogP contribution in [0.4, 0.5) is 0 Å². The predicted octanol–water partition coefficient (Wildman–Crippen LogP) is -0.265. The van der Waals surface area contributed by atoms with Crippen LogP contribution >= 0.6 is 0 Å². The molecule has 0 radical (unpaired) electrons. The highest BCUT2D eigenvalue weighted by Gasteiger charge is 1.85. The molecule has 10 heavy (non-hydrogen) atoms. The van der Waals surface area contributed by atoms with Crippen LogP contribution in [0.1, 0.15) is 0 Å². The monoisotopic (exact) mass is 140 g/mol. The maximum absolute atomic E-state index is 5.20. The highest BCUT2D eigenvalue weighted by molar-refractivity contribution is 5.84. The second-order valence-corrected chi connectivity index (χ2v) is 1.50. The van der Waals surface area contributed by atoms with Crippen molar-refractivity contribution in [1.29, 1.82) is 0 Å². The number of nitrogens with one attached hydrogen (secondary N) is 1. The number of guanidine groups is 1. The van der Waals surface area contributed by atoms with Crippen LogP contribution in [0.3, 0.4) is 0 Å². The standard InChI is InChI=1S/C6H12N4/c1-3-9-6(8-2)10-5-4-7/h3H,1-2,4-5,7H2,(H,9,10). The molecule has 56 valence electrons. The third-order valence-electron chi connectivity index (χ3n) is 0.772. The van der Waals surface area contributed by atoms with E-state index in [4.69, 9.17) is 5.73 Å². The van der Waals surface area contributed by atoms with Crippen LogP contribution in [0.15, 0.2) is 22.8 Å². The molecule has 3 N–H and O–H groups in total. The Bertz CT molecular complexity index is 139. The lowest BCUT2D eigenvalue weighted by molar-refractivity contribution is 0.961. The largest absolute Gasteiger partial charge is 0.332 e. The SMILES string of the molecule is C=CNC(N=C)=NCCN. The Balaban J connectivity index is 3.77. The minimum absolute atomic E-state index is 0.459. The first-order chi connectivity index (χ1) is 4.85. The lowest BCUT2D eigenvalue weighted by Crippen LogP contribution is -2.16. The quantitative estimate of drug-likeness (QED) is 0.419. The maximum Gasteiger partial charge on any atom is 0.221 e. The summed E-state index contributed by atoms with van der Waals surface area (Å²) < 4.78 is 0. The summed E-state index contributed by atoms with van der Waals surface area (Å²) in [6.07, 6.45) is 1.49. The molecule has 0 saturated carbocycles. The van der Waals surface area contributed by atoms with Crippen molar-refractivity contribution < 1.29 is 0 Å². The average molecular weight is 140 g/mol. The molecule has 0 aromatic carbocycles. The van der Waals surface area contributed by atoms with Crippen molar-refractivity contribution in [2.24, 2.45) is 15.7 Å². The van der Waals surface area contributed by atoms with Gasteiger partial charge in [0.2, 0.25) is 5.96 Å². The third kappa shape index (κ3) is 3.80. The molecule has 0 aromatic heterocycles. The number of rotatable bonds is 3. The smallest absolute Gasteiger partial charge is 0.221 e. The molecule has 4 nitrogen and oxygen atoms in total. The highest BCUT2D eigenvalue weighted by atomic mass is 15.1. The van der Waals surface area contributed by atoms with Crippen LogP contribution in [-0.4, -0.2) is 25.8 Å². The summed E-state index contributed by atoms with van der Waals surface area (Å²) >= 11 is 0. The van der Waals surface area contributed by atoms with Crippen molar-refractivity contribution in [3.05, 3.63) is 12.8 Å². The Kier molecular flexibility index (Phi) is 5.28. The summed E-state index contributed by atoms with van der Waals surface area (Å²) in [6.45, 7) is 7.81. The highest BCUT2D eigenvalue weighted by Crippen LogP contribution is 1.74. The van der Waals surface area contributed by atoms with E-state index in [2.05, 4.69) is 28.6 Å². The van der Waals surface area contributed by atoms with E-state index in [0.717, 1.165) is 0 Å². The maximum atomic E-state index is 5.20. The molecular formula is C6H12N4. The summed E-state index contributed by atoms with van der Waals surface area (Å²) in [5, 5.41) is 2.70. The minimum atomic E-state index is 0.459. The second kappa shape index (κ2) is 5.97. The Morgan fingerprint density at radius 2 is 2.40 bits per heavy atom. The van der Waals surface area contributed by atoms with Crippen LogP contribution < -0.4 is 11.1 Å². The fraction of sp³-hybridized carbons (Fsp3) is 0.333. The Morgan fingerprint density at radius 3 is 2.80 bits per heavy atom. The van der Waals surface area contributed by atoms with Crippen LogP contribution in [0.25, 0.3) is 0 Å². The van der Waals surface area contributed by atoms with Gasteiger partial charge in [-0.3, -0.25) is 0 Å². The number of nitrogens with zero attached hydrogens (tertiary/aromatic N) is 2. The van der Waals surface area contributed by atoms with E-state index in [-0.39, 0.29) is 0 Å². The van der Waals surface area contributed by atoms with Gasteiger partial charge in [0.1, 0.15) is 0 Å². The van der Waals surface area contributed by atoms with Gasteiger partial charge in [0.25, 0.3) is 0 Å². The summed E-state index contributed by atoms with van der Waals surface area (Å²) in [5.41, 5.74) is 5.20. The van der Waals surface area contributed by atoms with Crippen molar-refractivity contribution in [3.63, 3.8) is 0 Å². The summed E-state index contributed by atoms with van der Waals surface area (Å²) in [4.78, 5) is 7.51. The normalized spacial score (nSPS) is 10.7. The zero-order valence-corrected chi connectivity index (χ0v) is 5.88. The first-order valence-corrected chi connectivity index (χ1v) is 2.93. The van der Waals surface area contributed by atoms with Crippen molar-refractivity contribution >= 4 is 12.7 Å². The van der Waals surface area contributed by atoms with Crippen molar-refractivity contribution in [3.8, 4) is 0 Å². The van der Waals surface area contributed by atoms with Gasteiger partial charge in [0, 0.05) is 6.54 Å². The molecule has 0 saturated heterocycles. The van der Waals surface area contributed by atoms with Crippen LogP contribution in [0.5, 0.6) is 0 Å². The Morgan fingerprint density at radius 1 is 1.70 bits per heavy atom. The third-order valence-corrected chi connectivity index (χ3v) is 0.772. The molecule has 0 aliphatic rings. The molecule has 0 heterocycles. The summed E-state index contributed by atoms with van der Waals surface area (Å²) in [6, 6.07) is 0. The number of hydrogen-bond donors (Lipinski definition) is 2. The first-order valence-electron chi connectivity index (χ1n) is 2.93. The number of nitrogens with two attached hydrogens (primary N) is 1. The lowest BCUT2D eigenvalue weighted by atomic mass is 10.7. The Hall–Kier alpha value is -1.16. The molecule has 0 rings (SSSR count). The topological polar surface area (TPSA) is 62.8 Å². The van der Waals surface area contributed by atoms with Crippen molar-refractivity contribution in [1.82, 2.24) is 5.32 Å². The van der Waals surface area contributed by atoms with Gasteiger partial charge in [-0.1, -0.05) is 6.58 Å². The van der Waals surface area contributed by atoms with Crippen LogP contribution in [0, 0.1) is 0 Å².